The molecule has 0 aliphatic heterocycles. The van der Waals surface area contributed by atoms with Gasteiger partial charge in [0.15, 0.2) is 0 Å². The minimum Gasteiger partial charge on any atom is -0.478 e. The summed E-state index contributed by atoms with van der Waals surface area (Å²) in [5, 5.41) is 18.2. The van der Waals surface area contributed by atoms with E-state index in [2.05, 4.69) is 15.7 Å². The first-order chi connectivity index (χ1) is 10.1. The number of rotatable bonds is 6. The fourth-order valence-electron chi connectivity index (χ4n) is 1.75. The van der Waals surface area contributed by atoms with Crippen LogP contribution in [-0.2, 0) is 6.54 Å². The number of carboxylic acid groups (broad SMARTS) is 1. The minimum absolute atomic E-state index is 0.181. The summed E-state index contributed by atoms with van der Waals surface area (Å²) in [4.78, 5) is 22.3. The van der Waals surface area contributed by atoms with E-state index < -0.39 is 5.97 Å². The normalized spacial score (nSPS) is 10.1. The molecule has 1 heterocycles. The quantitative estimate of drug-likeness (QED) is 0.706. The lowest BCUT2D eigenvalue weighted by molar-refractivity contribution is 0.0697. The van der Waals surface area contributed by atoms with Crippen molar-refractivity contribution in [2.24, 2.45) is 0 Å². The number of nitrogens with one attached hydrogen (secondary N) is 2. The first kappa shape index (κ1) is 14.6. The van der Waals surface area contributed by atoms with Crippen LogP contribution in [-0.4, -0.2) is 33.4 Å². The molecule has 7 nitrogen and oxygen atoms in total. The van der Waals surface area contributed by atoms with Crippen LogP contribution in [0, 0.1) is 0 Å². The van der Waals surface area contributed by atoms with Gasteiger partial charge in [-0.2, -0.15) is 5.10 Å². The molecular formula is C14H16N4O3. The number of aromatic nitrogens is 2. The van der Waals surface area contributed by atoms with Crippen molar-refractivity contribution in [3.05, 3.63) is 48.3 Å². The van der Waals surface area contributed by atoms with Crippen molar-refractivity contribution in [1.82, 2.24) is 15.1 Å². The van der Waals surface area contributed by atoms with Gasteiger partial charge in [-0.05, 0) is 36.8 Å². The van der Waals surface area contributed by atoms with Gasteiger partial charge in [0.1, 0.15) is 0 Å². The maximum atomic E-state index is 11.6. The van der Waals surface area contributed by atoms with Gasteiger partial charge in [-0.15, -0.1) is 0 Å². The van der Waals surface area contributed by atoms with E-state index in [-0.39, 0.29) is 11.6 Å². The van der Waals surface area contributed by atoms with Crippen molar-refractivity contribution < 1.29 is 14.7 Å². The second-order valence-corrected chi connectivity index (χ2v) is 4.39. The molecule has 0 aliphatic carbocycles. The molecule has 110 valence electrons. The molecular weight excluding hydrogens is 272 g/mol. The van der Waals surface area contributed by atoms with Crippen molar-refractivity contribution in [2.75, 3.05) is 11.9 Å². The second kappa shape index (κ2) is 7.09. The van der Waals surface area contributed by atoms with Crippen molar-refractivity contribution in [3.63, 3.8) is 0 Å². The zero-order chi connectivity index (χ0) is 15.1. The molecule has 2 rings (SSSR count). The molecule has 21 heavy (non-hydrogen) atoms. The molecule has 0 atom stereocenters. The number of carbonyl (C=O) groups excluding carboxylic acids is 1. The average Bonchev–Trinajstić information content (AvgIpc) is 2.97. The van der Waals surface area contributed by atoms with Crippen LogP contribution in [0.3, 0.4) is 0 Å². The summed E-state index contributed by atoms with van der Waals surface area (Å²) < 4.78 is 1.80. The molecule has 0 aliphatic rings. The Bertz CT molecular complexity index is 593. The van der Waals surface area contributed by atoms with E-state index in [0.29, 0.717) is 12.2 Å². The van der Waals surface area contributed by atoms with E-state index >= 15 is 0 Å². The smallest absolute Gasteiger partial charge is 0.335 e. The van der Waals surface area contributed by atoms with Crippen LogP contribution in [0.25, 0.3) is 0 Å². The Morgan fingerprint density at radius 3 is 2.62 bits per heavy atom. The molecule has 0 unspecified atom stereocenters. The lowest BCUT2D eigenvalue weighted by Gasteiger charge is -2.08. The lowest BCUT2D eigenvalue weighted by Crippen LogP contribution is -2.30. The summed E-state index contributed by atoms with van der Waals surface area (Å²) in [6, 6.07) is 7.50. The fraction of sp³-hybridized carbons (Fsp3) is 0.214. The summed E-state index contributed by atoms with van der Waals surface area (Å²) in [6.45, 7) is 1.26. The first-order valence-electron chi connectivity index (χ1n) is 6.51. The first-order valence-corrected chi connectivity index (χ1v) is 6.51. The van der Waals surface area contributed by atoms with Gasteiger partial charge in [0, 0.05) is 31.2 Å². The van der Waals surface area contributed by atoms with Gasteiger partial charge in [0.05, 0.1) is 5.56 Å². The summed E-state index contributed by atoms with van der Waals surface area (Å²) in [5.41, 5.74) is 0.727. The molecule has 1 aromatic carbocycles. The van der Waals surface area contributed by atoms with E-state index in [1.54, 1.807) is 23.0 Å². The number of nitrogens with zero attached hydrogens (tertiary/aromatic N) is 2. The Morgan fingerprint density at radius 1 is 1.24 bits per heavy atom. The van der Waals surface area contributed by atoms with E-state index in [1.807, 2.05) is 12.3 Å². The number of anilines is 1. The molecule has 3 N–H and O–H groups in total. The number of aryl methyl sites for hydroxylation is 1. The van der Waals surface area contributed by atoms with Crippen molar-refractivity contribution in [3.8, 4) is 0 Å². The minimum atomic E-state index is -0.996. The van der Waals surface area contributed by atoms with Gasteiger partial charge in [-0.1, -0.05) is 0 Å². The number of carbonyl (C=O) groups is 2. The van der Waals surface area contributed by atoms with Crippen molar-refractivity contribution in [2.45, 2.75) is 13.0 Å². The Labute approximate surface area is 121 Å². The molecule has 0 spiro atoms. The summed E-state index contributed by atoms with van der Waals surface area (Å²) in [5.74, 6) is -0.996. The van der Waals surface area contributed by atoms with Crippen LogP contribution >= 0.6 is 0 Å². The van der Waals surface area contributed by atoms with Gasteiger partial charge < -0.3 is 15.7 Å². The summed E-state index contributed by atoms with van der Waals surface area (Å²) in [6.07, 6.45) is 4.35. The van der Waals surface area contributed by atoms with Crippen molar-refractivity contribution in [1.29, 1.82) is 0 Å². The van der Waals surface area contributed by atoms with Crippen LogP contribution in [0.4, 0.5) is 10.5 Å². The second-order valence-electron chi connectivity index (χ2n) is 4.39. The predicted octanol–water partition coefficient (Wildman–Crippen LogP) is 1.79. The maximum absolute atomic E-state index is 11.6. The number of aromatic carboxylic acids is 1. The Balaban J connectivity index is 1.70. The number of amides is 2. The van der Waals surface area contributed by atoms with E-state index in [9.17, 15) is 9.59 Å². The third-order valence-electron chi connectivity index (χ3n) is 2.80. The number of hydrogen-bond donors (Lipinski definition) is 3. The molecule has 2 aromatic rings. The molecule has 2 amide bonds. The predicted molar refractivity (Wildman–Crippen MR) is 77.3 cm³/mol. The van der Waals surface area contributed by atoms with Crippen molar-refractivity contribution >= 4 is 17.7 Å². The zero-order valence-electron chi connectivity index (χ0n) is 11.3. The van der Waals surface area contributed by atoms with E-state index in [0.717, 1.165) is 13.0 Å². The Kier molecular flexibility index (Phi) is 4.92. The van der Waals surface area contributed by atoms with Crippen LogP contribution in [0.15, 0.2) is 42.7 Å². The van der Waals surface area contributed by atoms with Gasteiger partial charge in [-0.25, -0.2) is 9.59 Å². The topological polar surface area (TPSA) is 96.3 Å². The highest BCUT2D eigenvalue weighted by atomic mass is 16.4. The summed E-state index contributed by atoms with van der Waals surface area (Å²) in [7, 11) is 0. The number of carboxylic acids is 1. The summed E-state index contributed by atoms with van der Waals surface area (Å²) >= 11 is 0. The molecule has 0 fully saturated rings. The van der Waals surface area contributed by atoms with Gasteiger partial charge in [0.25, 0.3) is 0 Å². The molecule has 0 saturated heterocycles. The van der Waals surface area contributed by atoms with Gasteiger partial charge >= 0.3 is 12.0 Å². The third-order valence-corrected chi connectivity index (χ3v) is 2.80. The third kappa shape index (κ3) is 4.64. The van der Waals surface area contributed by atoms with Crippen LogP contribution in [0.2, 0.25) is 0 Å². The Hall–Kier alpha value is -2.83. The fourth-order valence-corrected chi connectivity index (χ4v) is 1.75. The number of benzene rings is 1. The van der Waals surface area contributed by atoms with E-state index in [4.69, 9.17) is 5.11 Å². The number of urea groups is 1. The van der Waals surface area contributed by atoms with E-state index in [1.165, 1.54) is 12.1 Å². The molecule has 0 radical (unpaired) electrons. The molecule has 7 heteroatoms. The molecule has 0 saturated carbocycles. The SMILES string of the molecule is O=C(NCCCn1cccn1)Nc1ccc(C(=O)O)cc1. The highest BCUT2D eigenvalue weighted by molar-refractivity contribution is 5.91. The van der Waals surface area contributed by atoms with Gasteiger partial charge in [-0.3, -0.25) is 4.68 Å². The van der Waals surface area contributed by atoms with Crippen LogP contribution in [0.5, 0.6) is 0 Å². The van der Waals surface area contributed by atoms with Crippen LogP contribution in [0.1, 0.15) is 16.8 Å². The van der Waals surface area contributed by atoms with Crippen LogP contribution < -0.4 is 10.6 Å². The molecule has 1 aromatic heterocycles. The monoisotopic (exact) mass is 288 g/mol. The highest BCUT2D eigenvalue weighted by Crippen LogP contribution is 2.09. The largest absolute Gasteiger partial charge is 0.478 e. The average molecular weight is 288 g/mol. The lowest BCUT2D eigenvalue weighted by atomic mass is 10.2. The highest BCUT2D eigenvalue weighted by Gasteiger charge is 2.04. The Morgan fingerprint density at radius 2 is 2.00 bits per heavy atom. The zero-order valence-corrected chi connectivity index (χ0v) is 11.3. The standard InChI is InChI=1S/C14H16N4O3/c19-13(20)11-3-5-12(6-4-11)17-14(21)15-7-1-9-18-10-2-8-16-18/h2-6,8,10H,1,7,9H2,(H,19,20)(H2,15,17,21). The molecule has 0 bridgehead atoms. The maximum Gasteiger partial charge on any atom is 0.335 e. The van der Waals surface area contributed by atoms with Gasteiger partial charge in [0.2, 0.25) is 0 Å². The number of hydrogen-bond acceptors (Lipinski definition) is 3.